The Hall–Kier alpha value is -2.14. The van der Waals surface area contributed by atoms with Gasteiger partial charge in [0.25, 0.3) is 5.91 Å². The summed E-state index contributed by atoms with van der Waals surface area (Å²) in [5.41, 5.74) is 8.47. The number of nitrogens with two attached hydrogens (primary N) is 1. The summed E-state index contributed by atoms with van der Waals surface area (Å²) in [4.78, 5) is 26.2. The smallest absolute Gasteiger partial charge is 0.265 e. The van der Waals surface area contributed by atoms with E-state index in [4.69, 9.17) is 5.73 Å². The molecule has 0 saturated heterocycles. The van der Waals surface area contributed by atoms with E-state index in [9.17, 15) is 9.59 Å². The van der Waals surface area contributed by atoms with Crippen LogP contribution < -0.4 is 11.1 Å². The Balaban J connectivity index is 1.82. The van der Waals surface area contributed by atoms with Crippen LogP contribution in [-0.2, 0) is 12.8 Å². The van der Waals surface area contributed by atoms with Gasteiger partial charge in [0, 0.05) is 16.1 Å². The number of rotatable bonds is 3. The number of primary amides is 1. The second-order valence-electron chi connectivity index (χ2n) is 6.27. The van der Waals surface area contributed by atoms with Gasteiger partial charge in [-0.2, -0.15) is 0 Å². The van der Waals surface area contributed by atoms with E-state index in [1.807, 2.05) is 6.07 Å². The summed E-state index contributed by atoms with van der Waals surface area (Å²) in [5, 5.41) is 2.93. The van der Waals surface area contributed by atoms with Crippen LogP contribution >= 0.6 is 11.3 Å². The maximum Gasteiger partial charge on any atom is 0.265 e. The van der Waals surface area contributed by atoms with Crippen LogP contribution in [0.5, 0.6) is 0 Å². The summed E-state index contributed by atoms with van der Waals surface area (Å²) >= 11 is 1.60. The van der Waals surface area contributed by atoms with Gasteiger partial charge < -0.3 is 11.1 Å². The number of thiophene rings is 1. The lowest BCUT2D eigenvalue weighted by atomic mass is 10.00. The Bertz CT molecular complexity index is 754. The third-order valence-electron chi connectivity index (χ3n) is 4.57. The van der Waals surface area contributed by atoms with Gasteiger partial charge in [-0.1, -0.05) is 18.9 Å². The predicted molar refractivity (Wildman–Crippen MR) is 97.8 cm³/mol. The quantitative estimate of drug-likeness (QED) is 0.882. The lowest BCUT2D eigenvalue weighted by Crippen LogP contribution is -2.16. The number of carbonyl (C=O) groups excluding carboxylic acids is 2. The zero-order valence-corrected chi connectivity index (χ0v) is 14.7. The lowest BCUT2D eigenvalue weighted by molar-refractivity contribution is 0.0996. The molecule has 1 aliphatic rings. The van der Waals surface area contributed by atoms with Gasteiger partial charge in [0.05, 0.1) is 4.88 Å². The molecule has 1 heterocycles. The molecule has 126 valence electrons. The van der Waals surface area contributed by atoms with Crippen LogP contribution in [0.4, 0.5) is 5.69 Å². The van der Waals surface area contributed by atoms with E-state index in [1.54, 1.807) is 36.5 Å². The first-order valence-electron chi connectivity index (χ1n) is 8.38. The predicted octanol–water partition coefficient (Wildman–Crippen LogP) is 4.07. The minimum atomic E-state index is -0.484. The third kappa shape index (κ3) is 3.51. The molecular formula is C19H22N2O2S. The van der Waals surface area contributed by atoms with Crippen LogP contribution in [0.3, 0.4) is 0 Å². The van der Waals surface area contributed by atoms with E-state index in [2.05, 4.69) is 5.32 Å². The standard InChI is InChI=1S/C19H22N2O2S/c1-12-14(18(20)22)8-6-9-15(12)21-19(23)17-11-13-7-4-2-3-5-10-16(13)24-17/h6,8-9,11H,2-5,7,10H2,1H3,(H2,20,22)(H,21,23). The number of carbonyl (C=O) groups is 2. The van der Waals surface area contributed by atoms with Crippen molar-refractivity contribution in [1.29, 1.82) is 0 Å². The molecule has 24 heavy (non-hydrogen) atoms. The molecule has 0 radical (unpaired) electrons. The van der Waals surface area contributed by atoms with Gasteiger partial charge in [0.2, 0.25) is 5.91 Å². The molecule has 0 aliphatic heterocycles. The normalized spacial score (nSPS) is 14.4. The summed E-state index contributed by atoms with van der Waals surface area (Å²) in [6, 6.07) is 7.23. The third-order valence-corrected chi connectivity index (χ3v) is 5.80. The molecule has 5 heteroatoms. The Morgan fingerprint density at radius 3 is 2.62 bits per heavy atom. The molecule has 1 aliphatic carbocycles. The van der Waals surface area contributed by atoms with Gasteiger partial charge in [-0.3, -0.25) is 9.59 Å². The molecule has 0 bridgehead atoms. The molecule has 2 amide bonds. The fourth-order valence-electron chi connectivity index (χ4n) is 3.18. The molecule has 4 nitrogen and oxygen atoms in total. The SMILES string of the molecule is Cc1c(NC(=O)c2cc3c(s2)CCCCCC3)cccc1C(N)=O. The van der Waals surface area contributed by atoms with Gasteiger partial charge >= 0.3 is 0 Å². The average Bonchev–Trinajstić information content (AvgIpc) is 2.91. The number of nitrogens with one attached hydrogen (secondary N) is 1. The van der Waals surface area contributed by atoms with Crippen molar-refractivity contribution in [3.63, 3.8) is 0 Å². The lowest BCUT2D eigenvalue weighted by Gasteiger charge is -2.10. The summed E-state index contributed by atoms with van der Waals surface area (Å²) in [6.45, 7) is 1.80. The van der Waals surface area contributed by atoms with Gasteiger partial charge in [-0.25, -0.2) is 0 Å². The minimum Gasteiger partial charge on any atom is -0.366 e. The van der Waals surface area contributed by atoms with E-state index in [1.165, 1.54) is 36.1 Å². The van der Waals surface area contributed by atoms with Crippen LogP contribution in [0.25, 0.3) is 0 Å². The van der Waals surface area contributed by atoms with Crippen molar-refractivity contribution in [2.24, 2.45) is 5.73 Å². The van der Waals surface area contributed by atoms with Crippen molar-refractivity contribution in [3.8, 4) is 0 Å². The monoisotopic (exact) mass is 342 g/mol. The Morgan fingerprint density at radius 2 is 1.88 bits per heavy atom. The van der Waals surface area contributed by atoms with Crippen molar-refractivity contribution in [1.82, 2.24) is 0 Å². The van der Waals surface area contributed by atoms with Crippen molar-refractivity contribution in [2.75, 3.05) is 5.32 Å². The number of amides is 2. The fourth-order valence-corrected chi connectivity index (χ4v) is 4.33. The zero-order chi connectivity index (χ0) is 17.1. The Kier molecular flexibility index (Phi) is 5.00. The van der Waals surface area contributed by atoms with Crippen LogP contribution in [0, 0.1) is 6.92 Å². The van der Waals surface area contributed by atoms with Gasteiger partial charge in [0.15, 0.2) is 0 Å². The summed E-state index contributed by atoms with van der Waals surface area (Å²) < 4.78 is 0. The van der Waals surface area contributed by atoms with E-state index in [-0.39, 0.29) is 5.91 Å². The number of hydrogen-bond donors (Lipinski definition) is 2. The van der Waals surface area contributed by atoms with Gasteiger partial charge in [-0.15, -0.1) is 11.3 Å². The fraction of sp³-hybridized carbons (Fsp3) is 0.368. The van der Waals surface area contributed by atoms with Gasteiger partial charge in [-0.05, 0) is 61.9 Å². The molecule has 0 fully saturated rings. The second-order valence-corrected chi connectivity index (χ2v) is 7.41. The highest BCUT2D eigenvalue weighted by Gasteiger charge is 2.17. The van der Waals surface area contributed by atoms with E-state index in [0.717, 1.165) is 17.7 Å². The average molecular weight is 342 g/mol. The number of benzene rings is 1. The van der Waals surface area contributed by atoms with Crippen LogP contribution in [0.1, 0.15) is 61.7 Å². The highest BCUT2D eigenvalue weighted by atomic mass is 32.1. The summed E-state index contributed by atoms with van der Waals surface area (Å²) in [7, 11) is 0. The largest absolute Gasteiger partial charge is 0.366 e. The van der Waals surface area contributed by atoms with E-state index in [0.29, 0.717) is 16.8 Å². The minimum absolute atomic E-state index is 0.114. The first-order valence-corrected chi connectivity index (χ1v) is 9.20. The van der Waals surface area contributed by atoms with Crippen LogP contribution in [0.15, 0.2) is 24.3 Å². The number of anilines is 1. The second kappa shape index (κ2) is 7.18. The first kappa shape index (κ1) is 16.7. The molecule has 0 atom stereocenters. The molecule has 0 saturated carbocycles. The molecule has 1 aromatic carbocycles. The van der Waals surface area contributed by atoms with Crippen molar-refractivity contribution in [2.45, 2.75) is 45.4 Å². The summed E-state index contributed by atoms with van der Waals surface area (Å²) in [5.74, 6) is -0.598. The maximum atomic E-state index is 12.6. The van der Waals surface area contributed by atoms with Crippen molar-refractivity contribution in [3.05, 3.63) is 50.7 Å². The summed E-state index contributed by atoms with van der Waals surface area (Å²) in [6.07, 6.45) is 7.09. The Labute approximate surface area is 146 Å². The van der Waals surface area contributed by atoms with E-state index < -0.39 is 5.91 Å². The van der Waals surface area contributed by atoms with Crippen LogP contribution in [-0.4, -0.2) is 11.8 Å². The molecule has 1 aromatic heterocycles. The molecule has 0 unspecified atom stereocenters. The number of fused-ring (bicyclic) bond motifs is 1. The van der Waals surface area contributed by atoms with Gasteiger partial charge in [0.1, 0.15) is 0 Å². The maximum absolute atomic E-state index is 12.6. The van der Waals surface area contributed by atoms with Crippen LogP contribution in [0.2, 0.25) is 0 Å². The molecule has 0 spiro atoms. The van der Waals surface area contributed by atoms with Crippen molar-refractivity contribution >= 4 is 28.8 Å². The number of hydrogen-bond acceptors (Lipinski definition) is 3. The molecular weight excluding hydrogens is 320 g/mol. The topological polar surface area (TPSA) is 72.2 Å². The highest BCUT2D eigenvalue weighted by Crippen LogP contribution is 2.29. The first-order chi connectivity index (χ1) is 11.6. The van der Waals surface area contributed by atoms with E-state index >= 15 is 0 Å². The zero-order valence-electron chi connectivity index (χ0n) is 13.9. The van der Waals surface area contributed by atoms with Crippen molar-refractivity contribution < 1.29 is 9.59 Å². The molecule has 2 aromatic rings. The Morgan fingerprint density at radius 1 is 1.12 bits per heavy atom. The highest BCUT2D eigenvalue weighted by molar-refractivity contribution is 7.14. The molecule has 3 rings (SSSR count). The molecule has 3 N–H and O–H groups in total. The number of aryl methyl sites for hydroxylation is 2.